The lowest BCUT2D eigenvalue weighted by molar-refractivity contribution is 0.413. The molecule has 3 aromatic rings. The molecule has 3 N–H and O–H groups in total. The Kier molecular flexibility index (Phi) is 4.05. The van der Waals surface area contributed by atoms with Crippen LogP contribution in [-0.2, 0) is 0 Å². The highest BCUT2D eigenvalue weighted by Crippen LogP contribution is 2.24. The summed E-state index contributed by atoms with van der Waals surface area (Å²) in [4.78, 5) is 12.9. The second-order valence-electron chi connectivity index (χ2n) is 5.08. The molecule has 0 aliphatic rings. The van der Waals surface area contributed by atoms with Crippen molar-refractivity contribution in [1.29, 1.82) is 0 Å². The van der Waals surface area contributed by atoms with Crippen LogP contribution in [0.3, 0.4) is 0 Å². The van der Waals surface area contributed by atoms with Crippen LogP contribution in [0.25, 0.3) is 11.3 Å². The van der Waals surface area contributed by atoms with Crippen LogP contribution in [0.4, 0.5) is 17.3 Å². The van der Waals surface area contributed by atoms with E-state index >= 15 is 0 Å². The Hall–Kier alpha value is -3.15. The van der Waals surface area contributed by atoms with Crippen LogP contribution < -0.4 is 15.8 Å². The third kappa shape index (κ3) is 3.37. The number of methoxy groups -OCH3 is 1. The predicted molar refractivity (Wildman–Crippen MR) is 90.7 cm³/mol. The zero-order valence-corrected chi connectivity index (χ0v) is 12.9. The summed E-state index contributed by atoms with van der Waals surface area (Å²) in [6.07, 6.45) is 5.09. The highest BCUT2D eigenvalue weighted by Gasteiger charge is 2.06. The van der Waals surface area contributed by atoms with Gasteiger partial charge in [-0.1, -0.05) is 6.07 Å². The first-order valence-corrected chi connectivity index (χ1v) is 7.11. The average Bonchev–Trinajstić information content (AvgIpc) is 2.58. The van der Waals surface area contributed by atoms with Crippen molar-refractivity contribution in [1.82, 2.24) is 15.0 Å². The van der Waals surface area contributed by atoms with Gasteiger partial charge in [0.2, 0.25) is 5.95 Å². The SMILES string of the molecule is COc1cncc(-c2ccnc(Nc3cc(N)ccc3C)n2)c1. The first-order valence-electron chi connectivity index (χ1n) is 7.11. The zero-order valence-electron chi connectivity index (χ0n) is 12.9. The van der Waals surface area contributed by atoms with Crippen LogP contribution in [0.2, 0.25) is 0 Å². The van der Waals surface area contributed by atoms with E-state index in [1.807, 2.05) is 37.3 Å². The summed E-state index contributed by atoms with van der Waals surface area (Å²) in [5.74, 6) is 1.18. The summed E-state index contributed by atoms with van der Waals surface area (Å²) in [6.45, 7) is 2.00. The molecule has 2 heterocycles. The number of hydrogen-bond donors (Lipinski definition) is 2. The van der Waals surface area contributed by atoms with Crippen molar-refractivity contribution in [2.75, 3.05) is 18.2 Å². The molecule has 0 atom stereocenters. The van der Waals surface area contributed by atoms with Gasteiger partial charge < -0.3 is 15.8 Å². The molecule has 0 saturated heterocycles. The molecular formula is C17H17N5O. The number of benzene rings is 1. The molecular weight excluding hydrogens is 290 g/mol. The van der Waals surface area contributed by atoms with Crippen LogP contribution in [-0.4, -0.2) is 22.1 Å². The minimum atomic E-state index is 0.499. The number of pyridine rings is 1. The van der Waals surface area contributed by atoms with Gasteiger partial charge in [0.05, 0.1) is 19.0 Å². The van der Waals surface area contributed by atoms with E-state index in [0.717, 1.165) is 22.5 Å². The van der Waals surface area contributed by atoms with E-state index in [-0.39, 0.29) is 0 Å². The van der Waals surface area contributed by atoms with Gasteiger partial charge in [-0.25, -0.2) is 9.97 Å². The largest absolute Gasteiger partial charge is 0.495 e. The number of aryl methyl sites for hydroxylation is 1. The molecule has 0 radical (unpaired) electrons. The predicted octanol–water partition coefficient (Wildman–Crippen LogP) is 3.18. The van der Waals surface area contributed by atoms with Gasteiger partial charge in [0.15, 0.2) is 0 Å². The van der Waals surface area contributed by atoms with Crippen molar-refractivity contribution in [2.45, 2.75) is 6.92 Å². The van der Waals surface area contributed by atoms with Crippen molar-refractivity contribution >= 4 is 17.3 Å². The van der Waals surface area contributed by atoms with Gasteiger partial charge >= 0.3 is 0 Å². The van der Waals surface area contributed by atoms with Gasteiger partial charge in [-0.2, -0.15) is 0 Å². The maximum Gasteiger partial charge on any atom is 0.227 e. The molecule has 0 aliphatic carbocycles. The molecule has 3 rings (SSSR count). The zero-order chi connectivity index (χ0) is 16.2. The minimum Gasteiger partial charge on any atom is -0.495 e. The number of nitrogens with one attached hydrogen (secondary N) is 1. The first kappa shape index (κ1) is 14.8. The summed E-state index contributed by atoms with van der Waals surface area (Å²) >= 11 is 0. The molecule has 0 amide bonds. The molecule has 0 fully saturated rings. The van der Waals surface area contributed by atoms with Crippen molar-refractivity contribution in [3.8, 4) is 17.0 Å². The van der Waals surface area contributed by atoms with Crippen LogP contribution >= 0.6 is 0 Å². The lowest BCUT2D eigenvalue weighted by Crippen LogP contribution is -2.00. The van der Waals surface area contributed by atoms with E-state index < -0.39 is 0 Å². The Bertz CT molecular complexity index is 835. The number of nitrogens with zero attached hydrogens (tertiary/aromatic N) is 3. The molecule has 2 aromatic heterocycles. The molecule has 0 spiro atoms. The third-order valence-corrected chi connectivity index (χ3v) is 3.41. The standard InChI is InChI=1S/C17H17N5O/c1-11-3-4-13(18)8-16(11)22-17-20-6-5-15(21-17)12-7-14(23-2)10-19-9-12/h3-10H,18H2,1-2H3,(H,20,21,22). The summed E-state index contributed by atoms with van der Waals surface area (Å²) in [5, 5.41) is 3.20. The van der Waals surface area contributed by atoms with Crippen molar-refractivity contribution in [3.63, 3.8) is 0 Å². The summed E-state index contributed by atoms with van der Waals surface area (Å²) < 4.78 is 5.20. The second kappa shape index (κ2) is 6.31. The number of rotatable bonds is 4. The fraction of sp³-hybridized carbons (Fsp3) is 0.118. The van der Waals surface area contributed by atoms with E-state index in [9.17, 15) is 0 Å². The molecule has 6 nitrogen and oxygen atoms in total. The van der Waals surface area contributed by atoms with Crippen molar-refractivity contribution < 1.29 is 4.74 Å². The topological polar surface area (TPSA) is 86.0 Å². The first-order chi connectivity index (χ1) is 11.2. The third-order valence-electron chi connectivity index (χ3n) is 3.41. The number of nitrogen functional groups attached to an aromatic ring is 1. The van der Waals surface area contributed by atoms with Gasteiger partial charge in [0.25, 0.3) is 0 Å². The highest BCUT2D eigenvalue weighted by atomic mass is 16.5. The average molecular weight is 307 g/mol. The Balaban J connectivity index is 1.92. The fourth-order valence-electron chi connectivity index (χ4n) is 2.14. The second-order valence-corrected chi connectivity index (χ2v) is 5.08. The quantitative estimate of drug-likeness (QED) is 0.720. The van der Waals surface area contributed by atoms with Crippen LogP contribution in [0.15, 0.2) is 48.9 Å². The normalized spacial score (nSPS) is 10.3. The lowest BCUT2D eigenvalue weighted by atomic mass is 10.2. The van der Waals surface area contributed by atoms with Crippen molar-refractivity contribution in [3.05, 3.63) is 54.5 Å². The monoisotopic (exact) mass is 307 g/mol. The Labute approximate surface area is 134 Å². The molecule has 0 bridgehead atoms. The molecule has 0 unspecified atom stereocenters. The smallest absolute Gasteiger partial charge is 0.227 e. The van der Waals surface area contributed by atoms with Crippen LogP contribution in [0.5, 0.6) is 5.75 Å². The lowest BCUT2D eigenvalue weighted by Gasteiger charge is -2.10. The number of aromatic nitrogens is 3. The number of nitrogens with two attached hydrogens (primary N) is 1. The van der Waals surface area contributed by atoms with Crippen LogP contribution in [0.1, 0.15) is 5.56 Å². The highest BCUT2D eigenvalue weighted by molar-refractivity contribution is 5.66. The maximum atomic E-state index is 5.83. The maximum absolute atomic E-state index is 5.83. The van der Waals surface area contributed by atoms with Gasteiger partial charge in [-0.3, -0.25) is 4.98 Å². The summed E-state index contributed by atoms with van der Waals surface area (Å²) in [7, 11) is 1.61. The van der Waals surface area contributed by atoms with Gasteiger partial charge in [0, 0.05) is 29.3 Å². The van der Waals surface area contributed by atoms with Crippen LogP contribution in [0, 0.1) is 6.92 Å². The van der Waals surface area contributed by atoms with E-state index in [1.54, 1.807) is 25.7 Å². The Morgan fingerprint density at radius 3 is 2.83 bits per heavy atom. The fourth-order valence-corrected chi connectivity index (χ4v) is 2.14. The van der Waals surface area contributed by atoms with Gasteiger partial charge in [-0.15, -0.1) is 0 Å². The van der Waals surface area contributed by atoms with E-state index in [0.29, 0.717) is 17.4 Å². The molecule has 0 aliphatic heterocycles. The molecule has 0 saturated carbocycles. The molecule has 6 heteroatoms. The molecule has 1 aromatic carbocycles. The number of anilines is 3. The van der Waals surface area contributed by atoms with E-state index in [1.165, 1.54) is 0 Å². The number of hydrogen-bond acceptors (Lipinski definition) is 6. The number of ether oxygens (including phenoxy) is 1. The molecule has 23 heavy (non-hydrogen) atoms. The summed E-state index contributed by atoms with van der Waals surface area (Å²) in [5.41, 5.74) is 10.1. The van der Waals surface area contributed by atoms with Gasteiger partial charge in [0.1, 0.15) is 5.75 Å². The Morgan fingerprint density at radius 1 is 1.13 bits per heavy atom. The van der Waals surface area contributed by atoms with Crippen molar-refractivity contribution in [2.24, 2.45) is 0 Å². The summed E-state index contributed by atoms with van der Waals surface area (Å²) in [6, 6.07) is 9.38. The van der Waals surface area contributed by atoms with Gasteiger partial charge in [-0.05, 0) is 36.8 Å². The Morgan fingerprint density at radius 2 is 2.00 bits per heavy atom. The minimum absolute atomic E-state index is 0.499. The molecule has 116 valence electrons. The van der Waals surface area contributed by atoms with E-state index in [2.05, 4.69) is 20.3 Å². The van der Waals surface area contributed by atoms with E-state index in [4.69, 9.17) is 10.5 Å².